The number of anilines is 1. The molecule has 0 fully saturated rings. The molecule has 1 aromatic heterocycles. The Morgan fingerprint density at radius 3 is 2.52 bits per heavy atom. The highest BCUT2D eigenvalue weighted by atomic mass is 32.2. The Morgan fingerprint density at radius 1 is 1.21 bits per heavy atom. The molecule has 3 rings (SSSR count). The van der Waals surface area contributed by atoms with Gasteiger partial charge in [-0.3, -0.25) is 4.79 Å². The number of carbonyl (C=O) groups excluding carboxylic acids is 1. The van der Waals surface area contributed by atoms with Gasteiger partial charge in [0.2, 0.25) is 5.91 Å². The molecule has 3 N–H and O–H groups in total. The topological polar surface area (TPSA) is 96.7 Å². The molecule has 0 saturated carbocycles. The summed E-state index contributed by atoms with van der Waals surface area (Å²) in [7, 11) is 0. The Kier molecular flexibility index (Phi) is 6.93. The molecule has 1 amide bonds. The molecule has 6 nitrogen and oxygen atoms in total. The molecule has 0 aliphatic carbocycles. The van der Waals surface area contributed by atoms with Gasteiger partial charge in [0, 0.05) is 11.4 Å². The Labute approximate surface area is 174 Å². The third kappa shape index (κ3) is 5.18. The van der Waals surface area contributed by atoms with Gasteiger partial charge in [-0.25, -0.2) is 4.68 Å². The summed E-state index contributed by atoms with van der Waals surface area (Å²) < 4.78 is 1.59. The van der Waals surface area contributed by atoms with Gasteiger partial charge in [0.05, 0.1) is 16.6 Å². The first-order valence-electron chi connectivity index (χ1n) is 9.42. The maximum atomic E-state index is 12.3. The van der Waals surface area contributed by atoms with E-state index in [0.717, 1.165) is 10.6 Å². The van der Waals surface area contributed by atoms with E-state index in [1.807, 2.05) is 67.6 Å². The first kappa shape index (κ1) is 20.5. The van der Waals surface area contributed by atoms with Crippen molar-refractivity contribution in [3.05, 3.63) is 71.9 Å². The molecule has 3 aromatic rings. The molecular formula is C22H23N5OS. The fourth-order valence-corrected chi connectivity index (χ4v) is 3.82. The SMILES string of the molecule is CC(Sc1ccccc1)C(=O)NCCCc1nn(-c2ccccc2)c(N)c1C#N. The van der Waals surface area contributed by atoms with Gasteiger partial charge in [0.1, 0.15) is 17.5 Å². The number of nitrogens with zero attached hydrogens (tertiary/aromatic N) is 3. The van der Waals surface area contributed by atoms with Gasteiger partial charge in [0.25, 0.3) is 0 Å². The summed E-state index contributed by atoms with van der Waals surface area (Å²) in [4.78, 5) is 13.4. The van der Waals surface area contributed by atoms with Crippen LogP contribution < -0.4 is 11.1 Å². The molecule has 1 heterocycles. The van der Waals surface area contributed by atoms with E-state index in [9.17, 15) is 10.1 Å². The molecule has 0 radical (unpaired) electrons. The molecule has 148 valence electrons. The standard InChI is InChI=1S/C22H23N5OS/c1-16(29-18-11-6-3-7-12-18)22(28)25-14-8-13-20-19(15-23)21(24)27(26-20)17-9-4-2-5-10-17/h2-7,9-12,16H,8,13-14,24H2,1H3,(H,25,28). The number of thioether (sulfide) groups is 1. The van der Waals surface area contributed by atoms with Gasteiger partial charge in [-0.05, 0) is 44.0 Å². The van der Waals surface area contributed by atoms with E-state index >= 15 is 0 Å². The fourth-order valence-electron chi connectivity index (χ4n) is 2.91. The number of benzene rings is 2. The first-order valence-corrected chi connectivity index (χ1v) is 10.3. The fraction of sp³-hybridized carbons (Fsp3) is 0.227. The lowest BCUT2D eigenvalue weighted by Gasteiger charge is -2.11. The van der Waals surface area contributed by atoms with Crippen LogP contribution in [-0.4, -0.2) is 27.5 Å². The molecule has 0 spiro atoms. The van der Waals surface area contributed by atoms with Crippen molar-refractivity contribution in [1.29, 1.82) is 5.26 Å². The molecule has 7 heteroatoms. The third-order valence-corrected chi connectivity index (χ3v) is 5.53. The highest BCUT2D eigenvalue weighted by Crippen LogP contribution is 2.23. The zero-order chi connectivity index (χ0) is 20.6. The van der Waals surface area contributed by atoms with Gasteiger partial charge >= 0.3 is 0 Å². The van der Waals surface area contributed by atoms with Crippen LogP contribution in [0.15, 0.2) is 65.6 Å². The van der Waals surface area contributed by atoms with Crippen LogP contribution in [0.4, 0.5) is 5.82 Å². The van der Waals surface area contributed by atoms with Crippen LogP contribution in [0.3, 0.4) is 0 Å². The predicted octanol–water partition coefficient (Wildman–Crippen LogP) is 3.56. The Bertz CT molecular complexity index is 995. The van der Waals surface area contributed by atoms with Gasteiger partial charge in [-0.2, -0.15) is 10.4 Å². The van der Waals surface area contributed by atoms with Crippen LogP contribution in [-0.2, 0) is 11.2 Å². The molecule has 0 aliphatic heterocycles. The molecule has 2 aromatic carbocycles. The maximum Gasteiger partial charge on any atom is 0.233 e. The van der Waals surface area contributed by atoms with Crippen LogP contribution >= 0.6 is 11.8 Å². The quantitative estimate of drug-likeness (QED) is 0.441. The van der Waals surface area contributed by atoms with Crippen molar-refractivity contribution >= 4 is 23.5 Å². The number of hydrogen-bond donors (Lipinski definition) is 2. The van der Waals surface area contributed by atoms with Crippen LogP contribution in [0.5, 0.6) is 0 Å². The van der Waals surface area contributed by atoms with E-state index < -0.39 is 0 Å². The largest absolute Gasteiger partial charge is 0.382 e. The smallest absolute Gasteiger partial charge is 0.233 e. The number of aryl methyl sites for hydroxylation is 1. The highest BCUT2D eigenvalue weighted by molar-refractivity contribution is 8.00. The Hall–Kier alpha value is -3.24. The van der Waals surface area contributed by atoms with Crippen molar-refractivity contribution in [1.82, 2.24) is 15.1 Å². The van der Waals surface area contributed by atoms with Gasteiger partial charge < -0.3 is 11.1 Å². The summed E-state index contributed by atoms with van der Waals surface area (Å²) in [5.41, 5.74) is 7.97. The number of para-hydroxylation sites is 1. The summed E-state index contributed by atoms with van der Waals surface area (Å²) in [6.07, 6.45) is 1.24. The third-order valence-electron chi connectivity index (χ3n) is 4.42. The number of hydrogen-bond acceptors (Lipinski definition) is 5. The second-order valence-corrected chi connectivity index (χ2v) is 7.95. The average molecular weight is 406 g/mol. The molecule has 1 unspecified atom stereocenters. The number of nitrogen functional groups attached to an aromatic ring is 1. The summed E-state index contributed by atoms with van der Waals surface area (Å²) in [6.45, 7) is 2.41. The maximum absolute atomic E-state index is 12.3. The minimum absolute atomic E-state index is 0.00584. The van der Waals surface area contributed by atoms with E-state index in [1.165, 1.54) is 11.8 Å². The number of nitrogens with one attached hydrogen (secondary N) is 1. The van der Waals surface area contributed by atoms with Crippen molar-refractivity contribution in [2.45, 2.75) is 29.9 Å². The van der Waals surface area contributed by atoms with Crippen LogP contribution in [0.1, 0.15) is 24.6 Å². The Balaban J connectivity index is 1.54. The monoisotopic (exact) mass is 405 g/mol. The van der Waals surface area contributed by atoms with Gasteiger partial charge in [0.15, 0.2) is 0 Å². The van der Waals surface area contributed by atoms with E-state index in [0.29, 0.717) is 36.5 Å². The average Bonchev–Trinajstić information content (AvgIpc) is 3.07. The van der Waals surface area contributed by atoms with Crippen LogP contribution in [0, 0.1) is 11.3 Å². The van der Waals surface area contributed by atoms with E-state index in [2.05, 4.69) is 16.5 Å². The van der Waals surface area contributed by atoms with Crippen molar-refractivity contribution in [2.24, 2.45) is 0 Å². The summed E-state index contributed by atoms with van der Waals surface area (Å²) in [5, 5.41) is 16.7. The molecule has 1 atom stereocenters. The summed E-state index contributed by atoms with van der Waals surface area (Å²) in [5.74, 6) is 0.333. The lowest BCUT2D eigenvalue weighted by molar-refractivity contribution is -0.120. The van der Waals surface area contributed by atoms with Crippen molar-refractivity contribution in [2.75, 3.05) is 12.3 Å². The summed E-state index contributed by atoms with van der Waals surface area (Å²) >= 11 is 1.53. The number of amides is 1. The predicted molar refractivity (Wildman–Crippen MR) is 116 cm³/mol. The highest BCUT2D eigenvalue weighted by Gasteiger charge is 2.17. The number of nitriles is 1. The van der Waals surface area contributed by atoms with E-state index in [1.54, 1.807) is 4.68 Å². The van der Waals surface area contributed by atoms with Crippen molar-refractivity contribution < 1.29 is 4.79 Å². The molecule has 29 heavy (non-hydrogen) atoms. The second kappa shape index (κ2) is 9.80. The Morgan fingerprint density at radius 2 is 1.86 bits per heavy atom. The number of rotatable bonds is 8. The van der Waals surface area contributed by atoms with Crippen LogP contribution in [0.25, 0.3) is 5.69 Å². The molecule has 0 saturated heterocycles. The lowest BCUT2D eigenvalue weighted by Crippen LogP contribution is -2.31. The van der Waals surface area contributed by atoms with Crippen LogP contribution in [0.2, 0.25) is 0 Å². The van der Waals surface area contributed by atoms with E-state index in [-0.39, 0.29) is 11.2 Å². The van der Waals surface area contributed by atoms with Gasteiger partial charge in [-0.15, -0.1) is 11.8 Å². The van der Waals surface area contributed by atoms with E-state index in [4.69, 9.17) is 5.73 Å². The van der Waals surface area contributed by atoms with Crippen molar-refractivity contribution in [3.63, 3.8) is 0 Å². The van der Waals surface area contributed by atoms with Gasteiger partial charge in [-0.1, -0.05) is 36.4 Å². The zero-order valence-corrected chi connectivity index (χ0v) is 17.0. The first-order chi connectivity index (χ1) is 14.1. The number of carbonyl (C=O) groups is 1. The molecular weight excluding hydrogens is 382 g/mol. The minimum Gasteiger partial charge on any atom is -0.382 e. The second-order valence-electron chi connectivity index (χ2n) is 6.53. The lowest BCUT2D eigenvalue weighted by atomic mass is 10.1. The normalized spacial score (nSPS) is 11.6. The molecule has 0 bridgehead atoms. The number of nitrogens with two attached hydrogens (primary N) is 1. The number of aromatic nitrogens is 2. The molecule has 0 aliphatic rings. The summed E-state index contributed by atoms with van der Waals surface area (Å²) in [6, 6.07) is 21.5. The van der Waals surface area contributed by atoms with Crippen molar-refractivity contribution in [3.8, 4) is 11.8 Å². The zero-order valence-electron chi connectivity index (χ0n) is 16.2. The minimum atomic E-state index is -0.181.